The van der Waals surface area contributed by atoms with Crippen LogP contribution in [0, 0.1) is 6.92 Å². The third-order valence-corrected chi connectivity index (χ3v) is 4.73. The van der Waals surface area contributed by atoms with E-state index in [2.05, 4.69) is 4.90 Å². The highest BCUT2D eigenvalue weighted by molar-refractivity contribution is 6.32. The Bertz CT molecular complexity index is 807. The van der Waals surface area contributed by atoms with Crippen molar-refractivity contribution in [3.05, 3.63) is 44.8 Å². The van der Waals surface area contributed by atoms with Crippen molar-refractivity contribution in [2.45, 2.75) is 20.4 Å². The Labute approximate surface area is 139 Å². The Balaban J connectivity index is 1.87. The molecule has 0 unspecified atom stereocenters. The lowest BCUT2D eigenvalue weighted by molar-refractivity contribution is -0.130. The van der Waals surface area contributed by atoms with Gasteiger partial charge in [0.2, 0.25) is 5.91 Å². The van der Waals surface area contributed by atoms with E-state index in [0.29, 0.717) is 30.2 Å². The molecule has 6 heteroatoms. The zero-order valence-electron chi connectivity index (χ0n) is 13.3. The average molecular weight is 335 g/mol. The van der Waals surface area contributed by atoms with E-state index in [-0.39, 0.29) is 11.5 Å². The van der Waals surface area contributed by atoms with Crippen molar-refractivity contribution in [3.8, 4) is 0 Å². The predicted octanol–water partition coefficient (Wildman–Crippen LogP) is 2.42. The van der Waals surface area contributed by atoms with Crippen LogP contribution in [0.5, 0.6) is 0 Å². The maximum absolute atomic E-state index is 11.8. The number of rotatable bonds is 2. The Morgan fingerprint density at radius 1 is 1.22 bits per heavy atom. The van der Waals surface area contributed by atoms with Crippen LogP contribution < -0.4 is 5.63 Å². The van der Waals surface area contributed by atoms with Crippen molar-refractivity contribution in [3.63, 3.8) is 0 Å². The standard InChI is InChI=1S/C17H19ClN2O3/c1-11-7-16-14(9-15(11)18)13(8-17(22)23-16)10-19-3-5-20(6-4-19)12(2)21/h7-9H,3-6,10H2,1-2H3. The largest absolute Gasteiger partial charge is 0.423 e. The lowest BCUT2D eigenvalue weighted by atomic mass is 10.1. The van der Waals surface area contributed by atoms with Crippen LogP contribution in [0.3, 0.4) is 0 Å². The van der Waals surface area contributed by atoms with Crippen molar-refractivity contribution >= 4 is 28.5 Å². The van der Waals surface area contributed by atoms with Gasteiger partial charge in [-0.3, -0.25) is 9.69 Å². The lowest BCUT2D eigenvalue weighted by Crippen LogP contribution is -2.47. The third-order valence-electron chi connectivity index (χ3n) is 4.32. The number of fused-ring (bicyclic) bond motifs is 1. The maximum Gasteiger partial charge on any atom is 0.336 e. The SMILES string of the molecule is CC(=O)N1CCN(Cc2cc(=O)oc3cc(C)c(Cl)cc23)CC1. The molecule has 5 nitrogen and oxygen atoms in total. The summed E-state index contributed by atoms with van der Waals surface area (Å²) in [6.07, 6.45) is 0. The molecule has 122 valence electrons. The van der Waals surface area contributed by atoms with Crippen LogP contribution in [0.15, 0.2) is 27.4 Å². The molecule has 1 aromatic heterocycles. The average Bonchev–Trinajstić information content (AvgIpc) is 2.50. The van der Waals surface area contributed by atoms with Crippen LogP contribution in [0.4, 0.5) is 0 Å². The molecular weight excluding hydrogens is 316 g/mol. The Hall–Kier alpha value is -1.85. The van der Waals surface area contributed by atoms with Crippen LogP contribution >= 0.6 is 11.6 Å². The summed E-state index contributed by atoms with van der Waals surface area (Å²) in [6, 6.07) is 5.19. The highest BCUT2D eigenvalue weighted by atomic mass is 35.5. The topological polar surface area (TPSA) is 53.8 Å². The number of carbonyl (C=O) groups excluding carboxylic acids is 1. The van der Waals surface area contributed by atoms with Gasteiger partial charge in [0, 0.05) is 56.1 Å². The van der Waals surface area contributed by atoms with Crippen molar-refractivity contribution in [2.24, 2.45) is 0 Å². The van der Waals surface area contributed by atoms with Gasteiger partial charge < -0.3 is 9.32 Å². The first-order chi connectivity index (χ1) is 10.9. The van der Waals surface area contributed by atoms with Gasteiger partial charge in [0.25, 0.3) is 0 Å². The third kappa shape index (κ3) is 3.41. The molecule has 0 N–H and O–H groups in total. The molecule has 1 aliphatic heterocycles. The molecule has 3 rings (SSSR count). The molecule has 0 radical (unpaired) electrons. The minimum absolute atomic E-state index is 0.109. The minimum Gasteiger partial charge on any atom is -0.423 e. The van der Waals surface area contributed by atoms with Crippen LogP contribution in [0.1, 0.15) is 18.1 Å². The summed E-state index contributed by atoms with van der Waals surface area (Å²) in [5.74, 6) is 0.109. The molecule has 0 bridgehead atoms. The zero-order valence-corrected chi connectivity index (χ0v) is 14.0. The number of carbonyl (C=O) groups is 1. The van der Waals surface area contributed by atoms with Gasteiger partial charge in [-0.2, -0.15) is 0 Å². The molecule has 1 aliphatic rings. The van der Waals surface area contributed by atoms with Gasteiger partial charge in [0.15, 0.2) is 0 Å². The van der Waals surface area contributed by atoms with E-state index in [1.165, 1.54) is 6.07 Å². The molecule has 0 spiro atoms. The fourth-order valence-electron chi connectivity index (χ4n) is 2.94. The summed E-state index contributed by atoms with van der Waals surface area (Å²) in [5, 5.41) is 1.53. The quantitative estimate of drug-likeness (QED) is 0.791. The summed E-state index contributed by atoms with van der Waals surface area (Å²) in [4.78, 5) is 27.3. The molecule has 0 aliphatic carbocycles. The smallest absolute Gasteiger partial charge is 0.336 e. The summed E-state index contributed by atoms with van der Waals surface area (Å²) in [6.45, 7) is 7.14. The summed E-state index contributed by atoms with van der Waals surface area (Å²) < 4.78 is 5.29. The van der Waals surface area contributed by atoms with E-state index in [0.717, 1.165) is 29.6 Å². The van der Waals surface area contributed by atoms with Crippen LogP contribution in [0.2, 0.25) is 5.02 Å². The number of benzene rings is 1. The summed E-state index contributed by atoms with van der Waals surface area (Å²) in [7, 11) is 0. The number of hydrogen-bond donors (Lipinski definition) is 0. The second kappa shape index (κ2) is 6.34. The van der Waals surface area contributed by atoms with Gasteiger partial charge in [-0.1, -0.05) is 11.6 Å². The van der Waals surface area contributed by atoms with Gasteiger partial charge in [-0.15, -0.1) is 0 Å². The van der Waals surface area contributed by atoms with E-state index in [1.807, 2.05) is 17.9 Å². The molecule has 23 heavy (non-hydrogen) atoms. The Morgan fingerprint density at radius 3 is 2.57 bits per heavy atom. The fourth-order valence-corrected chi connectivity index (χ4v) is 3.10. The van der Waals surface area contributed by atoms with E-state index >= 15 is 0 Å². The van der Waals surface area contributed by atoms with Crippen LogP contribution in [0.25, 0.3) is 11.0 Å². The molecule has 1 saturated heterocycles. The molecular formula is C17H19ClN2O3. The van der Waals surface area contributed by atoms with E-state index in [1.54, 1.807) is 13.0 Å². The number of nitrogens with zero attached hydrogens (tertiary/aromatic N) is 2. The van der Waals surface area contributed by atoms with Crippen LogP contribution in [-0.4, -0.2) is 41.9 Å². The number of hydrogen-bond acceptors (Lipinski definition) is 4. The van der Waals surface area contributed by atoms with Gasteiger partial charge in [0.05, 0.1) is 0 Å². The van der Waals surface area contributed by atoms with Crippen molar-refractivity contribution in [1.29, 1.82) is 0 Å². The van der Waals surface area contributed by atoms with Gasteiger partial charge in [-0.05, 0) is 30.2 Å². The molecule has 1 aromatic carbocycles. The van der Waals surface area contributed by atoms with Crippen molar-refractivity contribution < 1.29 is 9.21 Å². The number of piperazine rings is 1. The fraction of sp³-hybridized carbons (Fsp3) is 0.412. The van der Waals surface area contributed by atoms with E-state index in [9.17, 15) is 9.59 Å². The normalized spacial score (nSPS) is 16.0. The number of amides is 1. The van der Waals surface area contributed by atoms with E-state index < -0.39 is 0 Å². The second-order valence-corrected chi connectivity index (χ2v) is 6.38. The lowest BCUT2D eigenvalue weighted by Gasteiger charge is -2.34. The van der Waals surface area contributed by atoms with Crippen LogP contribution in [-0.2, 0) is 11.3 Å². The number of aryl methyl sites for hydroxylation is 1. The highest BCUT2D eigenvalue weighted by Crippen LogP contribution is 2.26. The molecule has 2 aromatic rings. The first-order valence-electron chi connectivity index (χ1n) is 7.65. The second-order valence-electron chi connectivity index (χ2n) is 5.97. The van der Waals surface area contributed by atoms with Gasteiger partial charge in [-0.25, -0.2) is 4.79 Å². The molecule has 1 amide bonds. The van der Waals surface area contributed by atoms with Gasteiger partial charge >= 0.3 is 5.63 Å². The first-order valence-corrected chi connectivity index (χ1v) is 8.02. The highest BCUT2D eigenvalue weighted by Gasteiger charge is 2.19. The monoisotopic (exact) mass is 334 g/mol. The van der Waals surface area contributed by atoms with E-state index in [4.69, 9.17) is 16.0 Å². The van der Waals surface area contributed by atoms with Gasteiger partial charge in [0.1, 0.15) is 5.58 Å². The maximum atomic E-state index is 11.8. The Kier molecular flexibility index (Phi) is 4.41. The molecule has 0 saturated carbocycles. The summed E-state index contributed by atoms with van der Waals surface area (Å²) >= 11 is 6.22. The molecule has 1 fully saturated rings. The molecule has 0 atom stereocenters. The molecule has 2 heterocycles. The first kappa shape index (κ1) is 16.0. The zero-order chi connectivity index (χ0) is 16.6. The predicted molar refractivity (Wildman–Crippen MR) is 89.8 cm³/mol. The number of halogens is 1. The van der Waals surface area contributed by atoms with Crippen molar-refractivity contribution in [1.82, 2.24) is 9.80 Å². The minimum atomic E-state index is -0.350. The van der Waals surface area contributed by atoms with Crippen molar-refractivity contribution in [2.75, 3.05) is 26.2 Å². The Morgan fingerprint density at radius 2 is 1.91 bits per heavy atom. The summed E-state index contributed by atoms with van der Waals surface area (Å²) in [5.41, 5.74) is 2.01.